The van der Waals surface area contributed by atoms with E-state index in [1.165, 1.54) is 0 Å². The Bertz CT molecular complexity index is 566. The van der Waals surface area contributed by atoms with Crippen molar-refractivity contribution in [1.82, 2.24) is 10.0 Å². The molecule has 0 heterocycles. The van der Waals surface area contributed by atoms with Gasteiger partial charge >= 0.3 is 0 Å². The SMILES string of the molecule is COC1CC(NS(=O)(=O)c2ccccc2CNC(C)C)C1. The third-order valence-electron chi connectivity index (χ3n) is 3.71. The number of methoxy groups -OCH3 is 1. The highest BCUT2D eigenvalue weighted by Gasteiger charge is 2.33. The summed E-state index contributed by atoms with van der Waals surface area (Å²) in [6.45, 7) is 4.61. The molecule has 1 saturated carbocycles. The van der Waals surface area contributed by atoms with Crippen LogP contribution in [0, 0.1) is 0 Å². The normalized spacial score (nSPS) is 22.3. The fourth-order valence-electron chi connectivity index (χ4n) is 2.36. The van der Waals surface area contributed by atoms with Crippen molar-refractivity contribution in [3.05, 3.63) is 29.8 Å². The summed E-state index contributed by atoms with van der Waals surface area (Å²) in [7, 11) is -1.82. The van der Waals surface area contributed by atoms with E-state index in [0.717, 1.165) is 18.4 Å². The molecule has 0 radical (unpaired) electrons. The summed E-state index contributed by atoms with van der Waals surface area (Å²) in [5.41, 5.74) is 0.793. The van der Waals surface area contributed by atoms with Crippen LogP contribution in [-0.4, -0.2) is 33.7 Å². The first kappa shape index (κ1) is 16.4. The quantitative estimate of drug-likeness (QED) is 0.803. The van der Waals surface area contributed by atoms with E-state index in [9.17, 15) is 8.42 Å². The van der Waals surface area contributed by atoms with Gasteiger partial charge in [-0.15, -0.1) is 0 Å². The molecule has 2 N–H and O–H groups in total. The summed E-state index contributed by atoms with van der Waals surface area (Å²) in [5.74, 6) is 0. The fraction of sp³-hybridized carbons (Fsp3) is 0.600. The Hall–Kier alpha value is -0.950. The Labute approximate surface area is 127 Å². The molecule has 1 aliphatic rings. The molecule has 5 nitrogen and oxygen atoms in total. The van der Waals surface area contributed by atoms with Crippen molar-refractivity contribution in [1.29, 1.82) is 0 Å². The lowest BCUT2D eigenvalue weighted by molar-refractivity contribution is 0.0236. The van der Waals surface area contributed by atoms with Crippen molar-refractivity contribution in [2.75, 3.05) is 7.11 Å². The molecule has 0 bridgehead atoms. The lowest BCUT2D eigenvalue weighted by Crippen LogP contribution is -2.47. The first-order valence-corrected chi connectivity index (χ1v) is 8.77. The van der Waals surface area contributed by atoms with E-state index < -0.39 is 10.0 Å². The van der Waals surface area contributed by atoms with Crippen LogP contribution in [0.1, 0.15) is 32.3 Å². The lowest BCUT2D eigenvalue weighted by atomic mass is 9.90. The van der Waals surface area contributed by atoms with Gasteiger partial charge in [-0.05, 0) is 24.5 Å². The van der Waals surface area contributed by atoms with E-state index in [-0.39, 0.29) is 12.1 Å². The van der Waals surface area contributed by atoms with Crippen molar-refractivity contribution in [2.24, 2.45) is 0 Å². The first-order valence-electron chi connectivity index (χ1n) is 7.29. The lowest BCUT2D eigenvalue weighted by Gasteiger charge is -2.34. The van der Waals surface area contributed by atoms with E-state index in [0.29, 0.717) is 17.5 Å². The van der Waals surface area contributed by atoms with Crippen molar-refractivity contribution in [3.8, 4) is 0 Å². The van der Waals surface area contributed by atoms with Crippen molar-refractivity contribution < 1.29 is 13.2 Å². The zero-order valence-corrected chi connectivity index (χ0v) is 13.6. The zero-order chi connectivity index (χ0) is 15.5. The molecule has 0 spiro atoms. The molecular weight excluding hydrogens is 288 g/mol. The fourth-order valence-corrected chi connectivity index (χ4v) is 3.86. The minimum absolute atomic E-state index is 0.0222. The van der Waals surface area contributed by atoms with Crippen LogP contribution < -0.4 is 10.0 Å². The molecular formula is C15H24N2O3S. The van der Waals surface area contributed by atoms with Gasteiger partial charge in [0.15, 0.2) is 0 Å². The summed E-state index contributed by atoms with van der Waals surface area (Å²) in [6, 6.07) is 7.41. The van der Waals surface area contributed by atoms with Gasteiger partial charge in [-0.2, -0.15) is 0 Å². The standard InChI is InChI=1S/C15H24N2O3S/c1-11(2)16-10-12-6-4-5-7-15(12)21(18,19)17-13-8-14(9-13)20-3/h4-7,11,13-14,16-17H,8-10H2,1-3H3. The average Bonchev–Trinajstić information content (AvgIpc) is 2.40. The molecule has 0 aromatic heterocycles. The maximum Gasteiger partial charge on any atom is 0.241 e. The van der Waals surface area contributed by atoms with Crippen LogP contribution in [0.5, 0.6) is 0 Å². The van der Waals surface area contributed by atoms with Gasteiger partial charge in [0.25, 0.3) is 0 Å². The van der Waals surface area contributed by atoms with Crippen LogP contribution in [0.2, 0.25) is 0 Å². The Balaban J connectivity index is 2.09. The topological polar surface area (TPSA) is 67.4 Å². The van der Waals surface area contributed by atoms with E-state index in [1.54, 1.807) is 19.2 Å². The van der Waals surface area contributed by atoms with Crippen LogP contribution >= 0.6 is 0 Å². The molecule has 0 unspecified atom stereocenters. The molecule has 6 heteroatoms. The number of sulfonamides is 1. The van der Waals surface area contributed by atoms with Gasteiger partial charge < -0.3 is 10.1 Å². The molecule has 118 valence electrons. The monoisotopic (exact) mass is 312 g/mol. The van der Waals surface area contributed by atoms with Crippen molar-refractivity contribution in [3.63, 3.8) is 0 Å². The van der Waals surface area contributed by atoms with Gasteiger partial charge in [0, 0.05) is 25.7 Å². The Morgan fingerprint density at radius 3 is 2.57 bits per heavy atom. The maximum atomic E-state index is 12.5. The second kappa shape index (κ2) is 6.87. The summed E-state index contributed by atoms with van der Waals surface area (Å²) in [6.07, 6.45) is 1.65. The third kappa shape index (κ3) is 4.26. The summed E-state index contributed by atoms with van der Waals surface area (Å²) >= 11 is 0. The van der Waals surface area contributed by atoms with Crippen LogP contribution in [0.3, 0.4) is 0 Å². The smallest absolute Gasteiger partial charge is 0.241 e. The zero-order valence-electron chi connectivity index (χ0n) is 12.8. The maximum absolute atomic E-state index is 12.5. The van der Waals surface area contributed by atoms with Crippen LogP contribution in [0.4, 0.5) is 0 Å². The predicted molar refractivity (Wildman–Crippen MR) is 82.6 cm³/mol. The second-order valence-electron chi connectivity index (χ2n) is 5.79. The number of ether oxygens (including phenoxy) is 1. The van der Waals surface area contributed by atoms with E-state index >= 15 is 0 Å². The second-order valence-corrected chi connectivity index (χ2v) is 7.47. The average molecular weight is 312 g/mol. The van der Waals surface area contributed by atoms with Crippen molar-refractivity contribution in [2.45, 2.75) is 56.3 Å². The van der Waals surface area contributed by atoms with E-state index in [2.05, 4.69) is 10.0 Å². The molecule has 0 amide bonds. The Morgan fingerprint density at radius 2 is 1.95 bits per heavy atom. The summed E-state index contributed by atoms with van der Waals surface area (Å²) in [4.78, 5) is 0.360. The van der Waals surface area contributed by atoms with Gasteiger partial charge in [0.05, 0.1) is 11.0 Å². The summed E-state index contributed by atoms with van der Waals surface area (Å²) < 4.78 is 33.0. The highest BCUT2D eigenvalue weighted by Crippen LogP contribution is 2.25. The number of hydrogen-bond donors (Lipinski definition) is 2. The van der Waals surface area contributed by atoms with Crippen LogP contribution in [0.25, 0.3) is 0 Å². The van der Waals surface area contributed by atoms with Crippen LogP contribution in [0.15, 0.2) is 29.2 Å². The molecule has 0 aliphatic heterocycles. The molecule has 0 saturated heterocycles. The molecule has 1 aliphatic carbocycles. The molecule has 1 fully saturated rings. The van der Waals surface area contributed by atoms with Gasteiger partial charge in [-0.25, -0.2) is 13.1 Å². The predicted octanol–water partition coefficient (Wildman–Crippen LogP) is 1.64. The highest BCUT2D eigenvalue weighted by molar-refractivity contribution is 7.89. The van der Waals surface area contributed by atoms with Gasteiger partial charge in [-0.3, -0.25) is 0 Å². The number of benzene rings is 1. The summed E-state index contributed by atoms with van der Waals surface area (Å²) in [5, 5.41) is 3.26. The molecule has 2 rings (SSSR count). The molecule has 1 aromatic carbocycles. The largest absolute Gasteiger partial charge is 0.381 e. The van der Waals surface area contributed by atoms with Crippen LogP contribution in [-0.2, 0) is 21.3 Å². The van der Waals surface area contributed by atoms with Gasteiger partial charge in [0.1, 0.15) is 0 Å². The van der Waals surface area contributed by atoms with Crippen molar-refractivity contribution >= 4 is 10.0 Å². The minimum atomic E-state index is -3.48. The molecule has 21 heavy (non-hydrogen) atoms. The van der Waals surface area contributed by atoms with Gasteiger partial charge in [0.2, 0.25) is 10.0 Å². The molecule has 1 aromatic rings. The third-order valence-corrected chi connectivity index (χ3v) is 5.33. The Morgan fingerprint density at radius 1 is 1.29 bits per heavy atom. The number of nitrogens with one attached hydrogen (secondary N) is 2. The number of hydrogen-bond acceptors (Lipinski definition) is 4. The van der Waals surface area contributed by atoms with Gasteiger partial charge in [-0.1, -0.05) is 32.0 Å². The highest BCUT2D eigenvalue weighted by atomic mass is 32.2. The first-order chi connectivity index (χ1) is 9.92. The number of rotatable bonds is 7. The van der Waals surface area contributed by atoms with E-state index in [1.807, 2.05) is 26.0 Å². The molecule has 0 atom stereocenters. The minimum Gasteiger partial charge on any atom is -0.381 e. The Kier molecular flexibility index (Phi) is 5.37. The van der Waals surface area contributed by atoms with E-state index in [4.69, 9.17) is 4.74 Å².